The number of hydrogen-bond donors (Lipinski definition) is 1. The first-order chi connectivity index (χ1) is 6.63. The van der Waals surface area contributed by atoms with Crippen LogP contribution in [0.4, 0.5) is 4.39 Å². The zero-order valence-corrected chi connectivity index (χ0v) is 7.18. The van der Waals surface area contributed by atoms with Crippen LogP contribution in [0.1, 0.15) is 5.56 Å². The maximum absolute atomic E-state index is 12.5. The third kappa shape index (κ3) is 2.63. The lowest BCUT2D eigenvalue weighted by Gasteiger charge is -1.94. The van der Waals surface area contributed by atoms with Gasteiger partial charge in [0.2, 0.25) is 0 Å². The molecule has 0 aliphatic carbocycles. The monoisotopic (exact) mass is 197 g/mol. The number of nitro groups is 1. The van der Waals surface area contributed by atoms with E-state index in [1.165, 1.54) is 30.3 Å². The minimum absolute atomic E-state index is 0.323. The first-order valence-corrected chi connectivity index (χ1v) is 3.85. The van der Waals surface area contributed by atoms with Crippen molar-refractivity contribution in [3.63, 3.8) is 0 Å². The minimum atomic E-state index is -0.677. The lowest BCUT2D eigenvalue weighted by molar-refractivity contribution is -0.428. The second-order valence-electron chi connectivity index (χ2n) is 2.60. The Kier molecular flexibility index (Phi) is 3.30. The molecule has 0 saturated carbocycles. The van der Waals surface area contributed by atoms with Gasteiger partial charge in [-0.25, -0.2) is 4.39 Å². The maximum Gasteiger partial charge on any atom is 0.271 e. The summed E-state index contributed by atoms with van der Waals surface area (Å²) in [7, 11) is 0. The van der Waals surface area contributed by atoms with Crippen LogP contribution in [0.5, 0.6) is 0 Å². The summed E-state index contributed by atoms with van der Waals surface area (Å²) in [6, 6.07) is 5.19. The number of rotatable bonds is 3. The largest absolute Gasteiger partial charge is 0.385 e. The van der Waals surface area contributed by atoms with Gasteiger partial charge in [0.1, 0.15) is 12.4 Å². The summed E-state index contributed by atoms with van der Waals surface area (Å²) in [5.74, 6) is -0.409. The molecule has 1 aromatic carbocycles. The van der Waals surface area contributed by atoms with Crippen LogP contribution in [0.2, 0.25) is 0 Å². The summed E-state index contributed by atoms with van der Waals surface area (Å²) in [5.41, 5.74) is 0.156. The third-order valence-electron chi connectivity index (χ3n) is 1.60. The Bertz CT molecular complexity index is 359. The fourth-order valence-corrected chi connectivity index (χ4v) is 0.907. The van der Waals surface area contributed by atoms with Gasteiger partial charge in [-0.15, -0.1) is 0 Å². The van der Waals surface area contributed by atoms with E-state index in [1.807, 2.05) is 0 Å². The number of hydrogen-bond acceptors (Lipinski definition) is 3. The molecule has 0 amide bonds. The van der Waals surface area contributed by atoms with E-state index in [-0.39, 0.29) is 5.70 Å². The van der Waals surface area contributed by atoms with Crippen molar-refractivity contribution < 1.29 is 14.4 Å². The van der Waals surface area contributed by atoms with Crippen LogP contribution in [0.25, 0.3) is 6.08 Å². The van der Waals surface area contributed by atoms with Crippen LogP contribution in [-0.2, 0) is 0 Å². The smallest absolute Gasteiger partial charge is 0.271 e. The van der Waals surface area contributed by atoms with Gasteiger partial charge in [0, 0.05) is 6.08 Å². The quantitative estimate of drug-likeness (QED) is 0.589. The molecule has 0 fully saturated rings. The Labute approximate surface area is 79.4 Å². The molecule has 1 rings (SSSR count). The van der Waals surface area contributed by atoms with Gasteiger partial charge in [-0.1, -0.05) is 12.1 Å². The van der Waals surface area contributed by atoms with E-state index in [0.717, 1.165) is 0 Å². The molecule has 0 heterocycles. The molecule has 0 spiro atoms. The predicted molar refractivity (Wildman–Crippen MR) is 48.5 cm³/mol. The van der Waals surface area contributed by atoms with Crippen molar-refractivity contribution in [3.05, 3.63) is 51.5 Å². The second kappa shape index (κ2) is 4.48. The average molecular weight is 197 g/mol. The van der Waals surface area contributed by atoms with E-state index >= 15 is 0 Å². The first kappa shape index (κ1) is 10.3. The summed E-state index contributed by atoms with van der Waals surface area (Å²) in [6.07, 6.45) is 1.19. The van der Waals surface area contributed by atoms with Gasteiger partial charge in [0.05, 0.1) is 4.92 Å². The summed E-state index contributed by atoms with van der Waals surface area (Å²) >= 11 is 0. The Morgan fingerprint density at radius 1 is 1.50 bits per heavy atom. The van der Waals surface area contributed by atoms with Gasteiger partial charge >= 0.3 is 0 Å². The van der Waals surface area contributed by atoms with E-state index in [0.29, 0.717) is 5.56 Å². The molecule has 74 valence electrons. The normalized spacial score (nSPS) is 11.4. The molecule has 1 aromatic rings. The Morgan fingerprint density at radius 3 is 2.50 bits per heavy atom. The van der Waals surface area contributed by atoms with Gasteiger partial charge in [-0.05, 0) is 17.7 Å². The number of aliphatic hydroxyl groups is 1. The van der Waals surface area contributed by atoms with Crippen LogP contribution in [0.15, 0.2) is 30.0 Å². The average Bonchev–Trinajstić information content (AvgIpc) is 2.16. The van der Waals surface area contributed by atoms with Gasteiger partial charge < -0.3 is 5.11 Å². The van der Waals surface area contributed by atoms with Crippen molar-refractivity contribution in [2.24, 2.45) is 0 Å². The van der Waals surface area contributed by atoms with Crippen molar-refractivity contribution in [3.8, 4) is 0 Å². The van der Waals surface area contributed by atoms with E-state index in [1.54, 1.807) is 0 Å². The topological polar surface area (TPSA) is 63.4 Å². The molecule has 0 aliphatic heterocycles. The molecule has 0 radical (unpaired) electrons. The molecule has 0 atom stereocenters. The molecule has 1 N–H and O–H groups in total. The van der Waals surface area contributed by atoms with Crippen molar-refractivity contribution in [2.45, 2.75) is 0 Å². The SMILES string of the molecule is O=[N+]([O-])C(=Cc1ccc(F)cc1)CO. The zero-order valence-electron chi connectivity index (χ0n) is 7.18. The Morgan fingerprint density at radius 2 is 2.07 bits per heavy atom. The number of nitrogens with zero attached hydrogens (tertiary/aromatic N) is 1. The van der Waals surface area contributed by atoms with E-state index in [9.17, 15) is 14.5 Å². The fraction of sp³-hybridized carbons (Fsp3) is 0.111. The van der Waals surface area contributed by atoms with E-state index < -0.39 is 17.3 Å². The van der Waals surface area contributed by atoms with Crippen LogP contribution in [0.3, 0.4) is 0 Å². The lowest BCUT2D eigenvalue weighted by Crippen LogP contribution is -2.02. The second-order valence-corrected chi connectivity index (χ2v) is 2.60. The van der Waals surface area contributed by atoms with Crippen molar-refractivity contribution in [1.82, 2.24) is 0 Å². The van der Waals surface area contributed by atoms with Crippen LogP contribution >= 0.6 is 0 Å². The zero-order chi connectivity index (χ0) is 10.6. The molecule has 4 nitrogen and oxygen atoms in total. The van der Waals surface area contributed by atoms with Gasteiger partial charge in [0.15, 0.2) is 0 Å². The Hall–Kier alpha value is -1.75. The van der Waals surface area contributed by atoms with Crippen LogP contribution in [0, 0.1) is 15.9 Å². The third-order valence-corrected chi connectivity index (χ3v) is 1.60. The summed E-state index contributed by atoms with van der Waals surface area (Å²) in [5, 5.41) is 18.9. The van der Waals surface area contributed by atoms with Crippen LogP contribution in [-0.4, -0.2) is 16.6 Å². The summed E-state index contributed by atoms with van der Waals surface area (Å²) < 4.78 is 12.5. The predicted octanol–water partition coefficient (Wildman–Crippen LogP) is 1.44. The van der Waals surface area contributed by atoms with Crippen molar-refractivity contribution >= 4 is 6.08 Å². The molecule has 0 aliphatic rings. The summed E-state index contributed by atoms with van der Waals surface area (Å²) in [6.45, 7) is -0.648. The Balaban J connectivity index is 2.95. The highest BCUT2D eigenvalue weighted by Crippen LogP contribution is 2.08. The van der Waals surface area contributed by atoms with Crippen molar-refractivity contribution in [2.75, 3.05) is 6.61 Å². The lowest BCUT2D eigenvalue weighted by atomic mass is 10.2. The highest BCUT2D eigenvalue weighted by Gasteiger charge is 2.07. The van der Waals surface area contributed by atoms with Gasteiger partial charge in [0.25, 0.3) is 5.70 Å². The fourth-order valence-electron chi connectivity index (χ4n) is 0.907. The molecular formula is C9H8FNO3. The van der Waals surface area contributed by atoms with E-state index in [4.69, 9.17) is 5.11 Å². The highest BCUT2D eigenvalue weighted by molar-refractivity contribution is 5.50. The standard InChI is InChI=1S/C9H8FNO3/c10-8-3-1-7(2-4-8)5-9(6-12)11(13)14/h1-5,12H,6H2. The molecule has 0 saturated heterocycles. The molecular weight excluding hydrogens is 189 g/mol. The number of aliphatic hydroxyl groups excluding tert-OH is 1. The van der Waals surface area contributed by atoms with Crippen molar-refractivity contribution in [1.29, 1.82) is 0 Å². The van der Waals surface area contributed by atoms with Crippen LogP contribution < -0.4 is 0 Å². The van der Waals surface area contributed by atoms with E-state index in [2.05, 4.69) is 0 Å². The molecule has 0 aromatic heterocycles. The van der Waals surface area contributed by atoms with Gasteiger partial charge in [-0.2, -0.15) is 0 Å². The molecule has 0 unspecified atom stereocenters. The molecule has 0 bridgehead atoms. The molecule has 5 heteroatoms. The molecule has 14 heavy (non-hydrogen) atoms. The first-order valence-electron chi connectivity index (χ1n) is 3.85. The maximum atomic E-state index is 12.5. The minimum Gasteiger partial charge on any atom is -0.385 e. The summed E-state index contributed by atoms with van der Waals surface area (Å²) in [4.78, 5) is 9.63. The number of benzene rings is 1. The van der Waals surface area contributed by atoms with Gasteiger partial charge in [-0.3, -0.25) is 10.1 Å². The highest BCUT2D eigenvalue weighted by atomic mass is 19.1. The number of halogens is 1.